The molecule has 1 aliphatic heterocycles. The molecule has 1 aromatic heterocycles. The molecule has 0 spiro atoms. The molecule has 0 saturated carbocycles. The Morgan fingerprint density at radius 2 is 2.33 bits per heavy atom. The highest BCUT2D eigenvalue weighted by atomic mass is 16.1. The number of aromatic nitrogens is 2. The Morgan fingerprint density at radius 1 is 1.50 bits per heavy atom. The lowest BCUT2D eigenvalue weighted by molar-refractivity contribution is -0.115. The van der Waals surface area contributed by atoms with Crippen molar-refractivity contribution in [3.05, 3.63) is 35.9 Å². The van der Waals surface area contributed by atoms with E-state index >= 15 is 0 Å². The van der Waals surface area contributed by atoms with Gasteiger partial charge in [-0.25, -0.2) is 4.98 Å². The summed E-state index contributed by atoms with van der Waals surface area (Å²) in [6, 6.07) is 3.78. The van der Waals surface area contributed by atoms with Crippen molar-refractivity contribution < 1.29 is 4.79 Å². The Kier molecular flexibility index (Phi) is 2.33. The first-order valence-corrected chi connectivity index (χ1v) is 5.94. The second-order valence-corrected chi connectivity index (χ2v) is 4.36. The lowest BCUT2D eigenvalue weighted by Crippen LogP contribution is -2.05. The Morgan fingerprint density at radius 3 is 3.11 bits per heavy atom. The van der Waals surface area contributed by atoms with E-state index in [0.29, 0.717) is 12.1 Å². The zero-order valence-electron chi connectivity index (χ0n) is 10.1. The quantitative estimate of drug-likeness (QED) is 0.784. The highest BCUT2D eigenvalue weighted by molar-refractivity contribution is 6.00. The molecule has 1 aromatic carbocycles. The Labute approximate surface area is 105 Å². The molecule has 0 fully saturated rings. The number of nitrogens with two attached hydrogens (primary N) is 1. The second kappa shape index (κ2) is 3.87. The van der Waals surface area contributed by atoms with E-state index in [-0.39, 0.29) is 5.91 Å². The van der Waals surface area contributed by atoms with E-state index in [2.05, 4.69) is 10.3 Å². The summed E-state index contributed by atoms with van der Waals surface area (Å²) in [6.45, 7) is 2.05. The van der Waals surface area contributed by atoms with Gasteiger partial charge in [-0.15, -0.1) is 0 Å². The first kappa shape index (κ1) is 10.8. The summed E-state index contributed by atoms with van der Waals surface area (Å²) in [7, 11) is 0. The number of nitrogens with zero attached hydrogens (tertiary/aromatic N) is 2. The molecule has 0 radical (unpaired) electrons. The van der Waals surface area contributed by atoms with Crippen LogP contribution in [-0.4, -0.2) is 15.5 Å². The molecule has 0 saturated heterocycles. The van der Waals surface area contributed by atoms with Crippen molar-refractivity contribution in [2.45, 2.75) is 19.8 Å². The standard InChI is InChI=1S/C13H14N4O/c1-2-12-15-3-4-17(12)11-7-10-8(5-9(11)14)6-13(18)16-10/h3-5,7H,2,6,14H2,1H3,(H,16,18). The predicted octanol–water partition coefficient (Wildman–Crippen LogP) is 1.51. The first-order valence-electron chi connectivity index (χ1n) is 5.94. The highest BCUT2D eigenvalue weighted by Gasteiger charge is 2.20. The number of carbonyl (C=O) groups excluding carboxylic acids is 1. The Hall–Kier alpha value is -2.30. The molecule has 0 atom stereocenters. The molecule has 0 unspecified atom stereocenters. The molecule has 0 aliphatic carbocycles. The van der Waals surface area contributed by atoms with Crippen LogP contribution in [0.5, 0.6) is 0 Å². The van der Waals surface area contributed by atoms with Crippen molar-refractivity contribution in [1.82, 2.24) is 9.55 Å². The summed E-state index contributed by atoms with van der Waals surface area (Å²) < 4.78 is 1.96. The number of amides is 1. The summed E-state index contributed by atoms with van der Waals surface area (Å²) in [5.74, 6) is 0.967. The van der Waals surface area contributed by atoms with Crippen molar-refractivity contribution >= 4 is 17.3 Å². The lowest BCUT2D eigenvalue weighted by atomic mass is 10.1. The second-order valence-electron chi connectivity index (χ2n) is 4.36. The minimum absolute atomic E-state index is 0.0166. The summed E-state index contributed by atoms with van der Waals surface area (Å²) in [6.07, 6.45) is 4.87. The van der Waals surface area contributed by atoms with Gasteiger partial charge in [0.2, 0.25) is 5.91 Å². The SMILES string of the molecule is CCc1nccn1-c1cc2c(cc1N)CC(=O)N2. The molecular formula is C13H14N4O. The normalized spacial score (nSPS) is 13.5. The van der Waals surface area contributed by atoms with Crippen LogP contribution in [0.1, 0.15) is 18.3 Å². The Balaban J connectivity index is 2.14. The number of nitrogens with one attached hydrogen (secondary N) is 1. The fourth-order valence-corrected chi connectivity index (χ4v) is 2.31. The van der Waals surface area contributed by atoms with E-state index in [0.717, 1.165) is 29.2 Å². The third kappa shape index (κ3) is 1.55. The van der Waals surface area contributed by atoms with Crippen LogP contribution in [-0.2, 0) is 17.6 Å². The van der Waals surface area contributed by atoms with Crippen molar-refractivity contribution in [3.63, 3.8) is 0 Å². The van der Waals surface area contributed by atoms with Gasteiger partial charge in [-0.3, -0.25) is 4.79 Å². The maximum atomic E-state index is 11.4. The molecule has 3 N–H and O–H groups in total. The average Bonchev–Trinajstić information content (AvgIpc) is 2.92. The molecule has 1 aliphatic rings. The molecule has 92 valence electrons. The van der Waals surface area contributed by atoms with Gasteiger partial charge in [-0.05, 0) is 17.7 Å². The number of carbonyl (C=O) groups is 1. The molecule has 1 amide bonds. The highest BCUT2D eigenvalue weighted by Crippen LogP contribution is 2.30. The lowest BCUT2D eigenvalue weighted by Gasteiger charge is -2.11. The molecule has 5 heteroatoms. The van der Waals surface area contributed by atoms with Crippen LogP contribution in [0, 0.1) is 0 Å². The summed E-state index contributed by atoms with van der Waals surface area (Å²) in [4.78, 5) is 15.6. The van der Waals surface area contributed by atoms with Crippen LogP contribution in [0.2, 0.25) is 0 Å². The van der Waals surface area contributed by atoms with Gasteiger partial charge in [0.15, 0.2) is 0 Å². The molecule has 2 aromatic rings. The van der Waals surface area contributed by atoms with Gasteiger partial charge in [0, 0.05) is 24.5 Å². The maximum Gasteiger partial charge on any atom is 0.228 e. The molecule has 18 heavy (non-hydrogen) atoms. The van der Waals surface area contributed by atoms with Crippen LogP contribution in [0.3, 0.4) is 0 Å². The van der Waals surface area contributed by atoms with E-state index in [1.165, 1.54) is 0 Å². The van der Waals surface area contributed by atoms with Crippen LogP contribution >= 0.6 is 0 Å². The zero-order chi connectivity index (χ0) is 12.7. The van der Waals surface area contributed by atoms with Crippen LogP contribution < -0.4 is 11.1 Å². The van der Waals surface area contributed by atoms with Crippen molar-refractivity contribution in [2.75, 3.05) is 11.1 Å². The predicted molar refractivity (Wildman–Crippen MR) is 69.7 cm³/mol. The Bertz CT molecular complexity index is 630. The van der Waals surface area contributed by atoms with Crippen molar-refractivity contribution in [1.29, 1.82) is 0 Å². The van der Waals surface area contributed by atoms with Crippen LogP contribution in [0.4, 0.5) is 11.4 Å². The first-order chi connectivity index (χ1) is 8.69. The van der Waals surface area contributed by atoms with Gasteiger partial charge in [-0.2, -0.15) is 0 Å². The number of nitrogen functional groups attached to an aromatic ring is 1. The average molecular weight is 242 g/mol. The van der Waals surface area contributed by atoms with Crippen molar-refractivity contribution in [3.8, 4) is 5.69 Å². The molecule has 3 rings (SSSR count). The number of fused-ring (bicyclic) bond motifs is 1. The topological polar surface area (TPSA) is 72.9 Å². The smallest absolute Gasteiger partial charge is 0.228 e. The number of imidazole rings is 1. The van der Waals surface area contributed by atoms with E-state index in [1.807, 2.05) is 29.8 Å². The fourth-order valence-electron chi connectivity index (χ4n) is 2.31. The number of rotatable bonds is 2. The number of hydrogen-bond acceptors (Lipinski definition) is 3. The van der Waals surface area contributed by atoms with Gasteiger partial charge >= 0.3 is 0 Å². The molecular weight excluding hydrogens is 228 g/mol. The summed E-state index contributed by atoms with van der Waals surface area (Å²) >= 11 is 0. The van der Waals surface area contributed by atoms with Crippen LogP contribution in [0.25, 0.3) is 5.69 Å². The van der Waals surface area contributed by atoms with Gasteiger partial charge in [0.25, 0.3) is 0 Å². The van der Waals surface area contributed by atoms with E-state index < -0.39 is 0 Å². The van der Waals surface area contributed by atoms with E-state index in [9.17, 15) is 4.79 Å². The minimum atomic E-state index is 0.0166. The maximum absolute atomic E-state index is 11.4. The summed E-state index contributed by atoms with van der Waals surface area (Å²) in [5.41, 5.74) is 9.40. The van der Waals surface area contributed by atoms with Crippen LogP contribution in [0.15, 0.2) is 24.5 Å². The number of hydrogen-bond donors (Lipinski definition) is 2. The summed E-state index contributed by atoms with van der Waals surface area (Å²) in [5, 5.41) is 2.84. The number of benzene rings is 1. The van der Waals surface area contributed by atoms with Gasteiger partial charge in [0.05, 0.1) is 17.8 Å². The van der Waals surface area contributed by atoms with E-state index in [4.69, 9.17) is 5.73 Å². The molecule has 2 heterocycles. The number of aryl methyl sites for hydroxylation is 1. The monoisotopic (exact) mass is 242 g/mol. The number of anilines is 2. The van der Waals surface area contributed by atoms with E-state index in [1.54, 1.807) is 6.20 Å². The van der Waals surface area contributed by atoms with Gasteiger partial charge in [0.1, 0.15) is 5.82 Å². The third-order valence-electron chi connectivity index (χ3n) is 3.17. The largest absolute Gasteiger partial charge is 0.397 e. The fraction of sp³-hybridized carbons (Fsp3) is 0.231. The van der Waals surface area contributed by atoms with Crippen molar-refractivity contribution in [2.24, 2.45) is 0 Å². The van der Waals surface area contributed by atoms with Gasteiger partial charge in [-0.1, -0.05) is 6.92 Å². The minimum Gasteiger partial charge on any atom is -0.397 e. The molecule has 0 bridgehead atoms. The molecule has 5 nitrogen and oxygen atoms in total. The van der Waals surface area contributed by atoms with Gasteiger partial charge < -0.3 is 15.6 Å². The zero-order valence-corrected chi connectivity index (χ0v) is 10.1. The third-order valence-corrected chi connectivity index (χ3v) is 3.17.